The van der Waals surface area contributed by atoms with Crippen molar-refractivity contribution in [2.75, 3.05) is 6.54 Å². The summed E-state index contributed by atoms with van der Waals surface area (Å²) in [6.07, 6.45) is -1.59. The third kappa shape index (κ3) is 4.93. The molecule has 1 saturated carbocycles. The number of nitrogens with one attached hydrogen (secondary N) is 1. The number of benzene rings is 1. The van der Waals surface area contributed by atoms with Crippen LogP contribution in [0.25, 0.3) is 16.9 Å². The Morgan fingerprint density at radius 2 is 1.97 bits per heavy atom. The molecule has 174 valence electrons. The Balaban J connectivity index is 1.73. The number of hydrogen-bond donors (Lipinski definition) is 2. The molecule has 1 fully saturated rings. The number of carbonyl (C=O) groups excluding carboxylic acids is 1. The first-order valence-electron chi connectivity index (χ1n) is 10.1. The Morgan fingerprint density at radius 1 is 1.27 bits per heavy atom. The molecule has 0 aliphatic heterocycles. The predicted octanol–water partition coefficient (Wildman–Crippen LogP) is 3.13. The van der Waals surface area contributed by atoms with Gasteiger partial charge in [-0.3, -0.25) is 14.3 Å². The Morgan fingerprint density at radius 3 is 2.58 bits per heavy atom. The topological polar surface area (TPSA) is 102 Å². The summed E-state index contributed by atoms with van der Waals surface area (Å²) in [5, 5.41) is 20.2. The summed E-state index contributed by atoms with van der Waals surface area (Å²) in [7, 11) is 0. The minimum absolute atomic E-state index is 0.223. The van der Waals surface area contributed by atoms with Gasteiger partial charge in [0.15, 0.2) is 6.10 Å². The second kappa shape index (κ2) is 8.99. The van der Waals surface area contributed by atoms with Crippen LogP contribution in [0.15, 0.2) is 47.5 Å². The van der Waals surface area contributed by atoms with Crippen molar-refractivity contribution in [3.63, 3.8) is 0 Å². The first-order valence-corrected chi connectivity index (χ1v) is 10.5. The predicted molar refractivity (Wildman–Crippen MR) is 113 cm³/mol. The zero-order valence-electron chi connectivity index (χ0n) is 17.1. The first-order chi connectivity index (χ1) is 15.6. The molecule has 1 aliphatic rings. The molecule has 1 aliphatic carbocycles. The average molecular weight is 482 g/mol. The number of carbonyl (C=O) groups is 1. The van der Waals surface area contributed by atoms with Crippen LogP contribution in [-0.2, 0) is 0 Å². The van der Waals surface area contributed by atoms with Gasteiger partial charge in [0.2, 0.25) is 0 Å². The van der Waals surface area contributed by atoms with Crippen molar-refractivity contribution in [2.24, 2.45) is 0 Å². The molecule has 4 rings (SSSR count). The molecule has 33 heavy (non-hydrogen) atoms. The fourth-order valence-corrected chi connectivity index (χ4v) is 3.41. The molecule has 2 aromatic heterocycles. The van der Waals surface area contributed by atoms with E-state index in [-0.39, 0.29) is 11.7 Å². The van der Waals surface area contributed by atoms with E-state index >= 15 is 0 Å². The third-order valence-electron chi connectivity index (χ3n) is 5.41. The van der Waals surface area contributed by atoms with Gasteiger partial charge in [0.05, 0.1) is 30.7 Å². The van der Waals surface area contributed by atoms with Gasteiger partial charge in [-0.1, -0.05) is 23.7 Å². The highest BCUT2D eigenvalue weighted by Crippen LogP contribution is 2.31. The summed E-state index contributed by atoms with van der Waals surface area (Å²) < 4.78 is 40.5. The average Bonchev–Trinajstić information content (AvgIpc) is 3.19. The molecule has 1 amide bonds. The zero-order valence-corrected chi connectivity index (χ0v) is 17.8. The lowest BCUT2D eigenvalue weighted by Crippen LogP contribution is -2.42. The number of amides is 1. The fourth-order valence-electron chi connectivity index (χ4n) is 3.28. The number of aliphatic hydroxyl groups is 1. The summed E-state index contributed by atoms with van der Waals surface area (Å²) in [6, 6.07) is 7.87. The van der Waals surface area contributed by atoms with Gasteiger partial charge in [-0.05, 0) is 37.5 Å². The van der Waals surface area contributed by atoms with Crippen LogP contribution in [0.1, 0.15) is 35.7 Å². The van der Waals surface area contributed by atoms with Gasteiger partial charge in [-0.25, -0.2) is 0 Å². The van der Waals surface area contributed by atoms with Crippen LogP contribution in [0.2, 0.25) is 5.02 Å². The van der Waals surface area contributed by atoms with E-state index in [4.69, 9.17) is 16.7 Å². The van der Waals surface area contributed by atoms with Gasteiger partial charge in [-0.15, -0.1) is 0 Å². The van der Waals surface area contributed by atoms with Crippen LogP contribution in [0, 0.1) is 0 Å². The summed E-state index contributed by atoms with van der Waals surface area (Å²) in [5.41, 5.74) is -0.194. The van der Waals surface area contributed by atoms with Crippen molar-refractivity contribution < 1.29 is 23.1 Å². The molecule has 2 heterocycles. The molecule has 2 N–H and O–H groups in total. The van der Waals surface area contributed by atoms with Crippen molar-refractivity contribution >= 4 is 17.5 Å². The number of rotatable bonds is 6. The maximum absolute atomic E-state index is 13.0. The molecule has 1 atom stereocenters. The fraction of sp³-hybridized carbons (Fsp3) is 0.333. The largest absolute Gasteiger partial charge is 0.416 e. The number of halogens is 4. The van der Waals surface area contributed by atoms with Crippen LogP contribution in [0.3, 0.4) is 0 Å². The van der Waals surface area contributed by atoms with E-state index in [1.165, 1.54) is 12.3 Å². The second-order valence-electron chi connectivity index (χ2n) is 7.70. The monoisotopic (exact) mass is 481 g/mol. The number of nitrogens with zero attached hydrogens (tertiary/aromatic N) is 4. The van der Waals surface area contributed by atoms with Crippen LogP contribution in [0.5, 0.6) is 0 Å². The summed E-state index contributed by atoms with van der Waals surface area (Å²) >= 11 is 5.93. The van der Waals surface area contributed by atoms with Crippen LogP contribution >= 0.6 is 11.6 Å². The molecule has 12 heteroatoms. The van der Waals surface area contributed by atoms with Gasteiger partial charge in [-0.2, -0.15) is 28.1 Å². The van der Waals surface area contributed by atoms with Crippen LogP contribution in [-0.4, -0.2) is 49.4 Å². The van der Waals surface area contributed by atoms with Crippen molar-refractivity contribution in [2.45, 2.75) is 37.6 Å². The standard InChI is InChI=1S/C21H19ClF3N5O3/c22-13-6-4-12(5-7-13)17-8-16(19(32)26-10-18(31)21(23,24)25)20(33)30(28-17)15-9-27-29(11-15)14-2-1-3-14/h4-9,11,14,18,31H,1-3,10H2,(H,26,32)/t18-/m0/s1. The number of aliphatic hydroxyl groups excluding tert-OH is 1. The van der Waals surface area contributed by atoms with Gasteiger partial charge >= 0.3 is 6.18 Å². The molecule has 0 spiro atoms. The van der Waals surface area contributed by atoms with E-state index in [2.05, 4.69) is 10.2 Å². The van der Waals surface area contributed by atoms with E-state index in [9.17, 15) is 22.8 Å². The van der Waals surface area contributed by atoms with E-state index in [1.807, 2.05) is 5.32 Å². The molecular formula is C21H19ClF3N5O3. The maximum Gasteiger partial charge on any atom is 0.416 e. The smallest absolute Gasteiger partial charge is 0.382 e. The minimum atomic E-state index is -4.91. The van der Waals surface area contributed by atoms with E-state index in [0.29, 0.717) is 16.3 Å². The molecule has 0 unspecified atom stereocenters. The lowest BCUT2D eigenvalue weighted by Gasteiger charge is -2.25. The SMILES string of the molecule is O=C(NC[C@H](O)C(F)(F)F)c1cc(-c2ccc(Cl)cc2)nn(-c2cnn(C3CCC3)c2)c1=O. The summed E-state index contributed by atoms with van der Waals surface area (Å²) in [5.74, 6) is -1.07. The highest BCUT2D eigenvalue weighted by molar-refractivity contribution is 6.30. The molecular weight excluding hydrogens is 463 g/mol. The van der Waals surface area contributed by atoms with Crippen LogP contribution < -0.4 is 10.9 Å². The van der Waals surface area contributed by atoms with Crippen molar-refractivity contribution in [1.82, 2.24) is 24.9 Å². The first kappa shape index (κ1) is 23.0. The van der Waals surface area contributed by atoms with Crippen molar-refractivity contribution in [3.05, 3.63) is 63.7 Å². The highest BCUT2D eigenvalue weighted by Gasteiger charge is 2.38. The van der Waals surface area contributed by atoms with Crippen molar-refractivity contribution in [3.8, 4) is 16.9 Å². The molecule has 3 aromatic rings. The van der Waals surface area contributed by atoms with E-state index in [1.54, 1.807) is 35.1 Å². The van der Waals surface area contributed by atoms with Gasteiger partial charge in [0.25, 0.3) is 11.5 Å². The summed E-state index contributed by atoms with van der Waals surface area (Å²) in [6.45, 7) is -1.10. The number of hydrogen-bond acceptors (Lipinski definition) is 5. The normalized spacial score (nSPS) is 15.2. The van der Waals surface area contributed by atoms with Gasteiger partial charge < -0.3 is 10.4 Å². The molecule has 8 nitrogen and oxygen atoms in total. The molecule has 0 saturated heterocycles. The molecule has 0 bridgehead atoms. The zero-order chi connectivity index (χ0) is 23.8. The maximum atomic E-state index is 13.0. The third-order valence-corrected chi connectivity index (χ3v) is 5.66. The second-order valence-corrected chi connectivity index (χ2v) is 8.13. The van der Waals surface area contributed by atoms with Gasteiger partial charge in [0.1, 0.15) is 11.3 Å². The number of aromatic nitrogens is 4. The Bertz CT molecular complexity index is 1220. The van der Waals surface area contributed by atoms with E-state index < -0.39 is 35.9 Å². The minimum Gasteiger partial charge on any atom is -0.382 e. The lowest BCUT2D eigenvalue weighted by atomic mass is 9.93. The quantitative estimate of drug-likeness (QED) is 0.563. The Hall–Kier alpha value is -3.18. The Kier molecular flexibility index (Phi) is 6.26. The van der Waals surface area contributed by atoms with Crippen LogP contribution in [0.4, 0.5) is 13.2 Å². The Labute approximate surface area is 190 Å². The van der Waals surface area contributed by atoms with Gasteiger partial charge in [0, 0.05) is 10.6 Å². The molecule has 0 radical (unpaired) electrons. The van der Waals surface area contributed by atoms with Crippen molar-refractivity contribution in [1.29, 1.82) is 0 Å². The lowest BCUT2D eigenvalue weighted by molar-refractivity contribution is -0.201. The number of alkyl halides is 3. The highest BCUT2D eigenvalue weighted by atomic mass is 35.5. The molecule has 1 aromatic carbocycles. The summed E-state index contributed by atoms with van der Waals surface area (Å²) in [4.78, 5) is 25.7. The van der Waals surface area contributed by atoms with E-state index in [0.717, 1.165) is 23.9 Å².